The third kappa shape index (κ3) is 2.10. The molecule has 5 nitrogen and oxygen atoms in total. The van der Waals surface area contributed by atoms with Crippen molar-refractivity contribution in [3.8, 4) is 0 Å². The molecule has 0 saturated carbocycles. The fraction of sp³-hybridized carbons (Fsp3) is 0.222. The van der Waals surface area contributed by atoms with Crippen molar-refractivity contribution in [2.45, 2.75) is 24.0 Å². The van der Waals surface area contributed by atoms with Crippen LogP contribution in [0, 0.1) is 13.8 Å². The smallest absolute Gasteiger partial charge is 0.214 e. The first-order valence-corrected chi connectivity index (χ1v) is 5.26. The SMILES string of the molecule is Cc1nc(Sc2nccc(C)c2N)n[nH]1. The zero-order valence-electron chi connectivity index (χ0n) is 8.48. The van der Waals surface area contributed by atoms with E-state index in [9.17, 15) is 0 Å². The first-order valence-electron chi connectivity index (χ1n) is 4.45. The van der Waals surface area contributed by atoms with Crippen LogP contribution < -0.4 is 5.73 Å². The predicted molar refractivity (Wildman–Crippen MR) is 58.6 cm³/mol. The van der Waals surface area contributed by atoms with E-state index < -0.39 is 0 Å². The Kier molecular flexibility index (Phi) is 2.59. The number of aromatic nitrogens is 4. The summed E-state index contributed by atoms with van der Waals surface area (Å²) in [5, 5.41) is 8.17. The van der Waals surface area contributed by atoms with Gasteiger partial charge in [0.2, 0.25) is 5.16 Å². The number of nitrogens with one attached hydrogen (secondary N) is 1. The Morgan fingerprint density at radius 1 is 1.40 bits per heavy atom. The molecule has 0 fully saturated rings. The highest BCUT2D eigenvalue weighted by molar-refractivity contribution is 7.99. The van der Waals surface area contributed by atoms with Gasteiger partial charge in [0, 0.05) is 6.20 Å². The Labute approximate surface area is 91.5 Å². The third-order valence-corrected chi connectivity index (χ3v) is 2.82. The van der Waals surface area contributed by atoms with E-state index in [1.54, 1.807) is 6.20 Å². The summed E-state index contributed by atoms with van der Waals surface area (Å²) in [4.78, 5) is 8.37. The van der Waals surface area contributed by atoms with Crippen LogP contribution in [0.5, 0.6) is 0 Å². The first kappa shape index (κ1) is 9.97. The molecule has 0 atom stereocenters. The fourth-order valence-electron chi connectivity index (χ4n) is 1.08. The summed E-state index contributed by atoms with van der Waals surface area (Å²) in [5.74, 6) is 0.781. The maximum Gasteiger partial charge on any atom is 0.214 e. The van der Waals surface area contributed by atoms with Gasteiger partial charge in [0.15, 0.2) is 0 Å². The number of hydrogen-bond acceptors (Lipinski definition) is 5. The predicted octanol–water partition coefficient (Wildman–Crippen LogP) is 1.55. The summed E-state index contributed by atoms with van der Waals surface area (Å²) >= 11 is 1.36. The van der Waals surface area contributed by atoms with E-state index in [0.717, 1.165) is 16.4 Å². The average molecular weight is 221 g/mol. The minimum atomic E-state index is 0.636. The lowest BCUT2D eigenvalue weighted by molar-refractivity contribution is 0.964. The van der Waals surface area contributed by atoms with Crippen LogP contribution in [0.4, 0.5) is 5.69 Å². The molecule has 0 aliphatic heterocycles. The molecule has 0 saturated heterocycles. The minimum Gasteiger partial charge on any atom is -0.396 e. The van der Waals surface area contributed by atoms with Gasteiger partial charge in [-0.25, -0.2) is 9.97 Å². The van der Waals surface area contributed by atoms with Gasteiger partial charge in [-0.15, -0.1) is 5.10 Å². The molecule has 0 bridgehead atoms. The summed E-state index contributed by atoms with van der Waals surface area (Å²) < 4.78 is 0. The van der Waals surface area contributed by atoms with Gasteiger partial charge in [0.1, 0.15) is 10.9 Å². The largest absolute Gasteiger partial charge is 0.396 e. The van der Waals surface area contributed by atoms with E-state index in [2.05, 4.69) is 20.2 Å². The van der Waals surface area contributed by atoms with Crippen LogP contribution in [0.2, 0.25) is 0 Å². The standard InChI is InChI=1S/C9H11N5S/c1-5-3-4-11-8(7(5)10)15-9-12-6(2)13-14-9/h3-4H,10H2,1-2H3,(H,12,13,14). The van der Waals surface area contributed by atoms with Crippen molar-refractivity contribution in [1.82, 2.24) is 20.2 Å². The molecule has 2 aromatic heterocycles. The normalized spacial score (nSPS) is 10.5. The number of hydrogen-bond donors (Lipinski definition) is 2. The Bertz CT molecular complexity index is 479. The molecule has 0 spiro atoms. The Morgan fingerprint density at radius 2 is 2.20 bits per heavy atom. The minimum absolute atomic E-state index is 0.636. The van der Waals surface area contributed by atoms with Crippen LogP contribution in [0.25, 0.3) is 0 Å². The molecule has 6 heteroatoms. The summed E-state index contributed by atoms with van der Waals surface area (Å²) in [6.07, 6.45) is 1.73. The number of H-pyrrole nitrogens is 1. The van der Waals surface area contributed by atoms with Gasteiger partial charge in [0.05, 0.1) is 5.69 Å². The molecule has 2 aromatic rings. The summed E-state index contributed by atoms with van der Waals surface area (Å²) in [6, 6.07) is 1.88. The van der Waals surface area contributed by atoms with Gasteiger partial charge in [-0.05, 0) is 37.2 Å². The molecule has 2 heterocycles. The highest BCUT2D eigenvalue weighted by atomic mass is 32.2. The van der Waals surface area contributed by atoms with E-state index in [1.165, 1.54) is 11.8 Å². The van der Waals surface area contributed by atoms with Crippen molar-refractivity contribution in [2.75, 3.05) is 5.73 Å². The van der Waals surface area contributed by atoms with Gasteiger partial charge >= 0.3 is 0 Å². The highest BCUT2D eigenvalue weighted by Gasteiger charge is 2.08. The topological polar surface area (TPSA) is 80.5 Å². The zero-order chi connectivity index (χ0) is 10.8. The fourth-order valence-corrected chi connectivity index (χ4v) is 1.91. The van der Waals surface area contributed by atoms with Crippen LogP contribution in [0.1, 0.15) is 11.4 Å². The van der Waals surface area contributed by atoms with Gasteiger partial charge < -0.3 is 5.73 Å². The molecule has 2 rings (SSSR count). The second kappa shape index (κ2) is 3.90. The maximum atomic E-state index is 5.89. The lowest BCUT2D eigenvalue weighted by atomic mass is 10.3. The number of pyridine rings is 1. The monoisotopic (exact) mass is 221 g/mol. The zero-order valence-corrected chi connectivity index (χ0v) is 9.30. The van der Waals surface area contributed by atoms with E-state index in [-0.39, 0.29) is 0 Å². The molecule has 3 N–H and O–H groups in total. The van der Waals surface area contributed by atoms with Gasteiger partial charge in [-0.2, -0.15) is 0 Å². The molecule has 15 heavy (non-hydrogen) atoms. The number of aromatic amines is 1. The molecule has 0 aliphatic carbocycles. The number of anilines is 1. The number of nitrogens with two attached hydrogens (primary N) is 1. The quantitative estimate of drug-likeness (QED) is 0.804. The molecular weight excluding hydrogens is 210 g/mol. The van der Waals surface area contributed by atoms with Crippen molar-refractivity contribution in [2.24, 2.45) is 0 Å². The van der Waals surface area contributed by atoms with E-state index in [0.29, 0.717) is 10.8 Å². The number of aryl methyl sites for hydroxylation is 2. The maximum absolute atomic E-state index is 5.89. The Hall–Kier alpha value is -1.56. The number of rotatable bonds is 2. The number of nitrogens with zero attached hydrogens (tertiary/aromatic N) is 3. The van der Waals surface area contributed by atoms with Crippen LogP contribution in [0.3, 0.4) is 0 Å². The van der Waals surface area contributed by atoms with Gasteiger partial charge in [-0.3, -0.25) is 5.10 Å². The molecule has 0 radical (unpaired) electrons. The molecular formula is C9H11N5S. The van der Waals surface area contributed by atoms with Crippen molar-refractivity contribution in [3.05, 3.63) is 23.7 Å². The number of nitrogen functional groups attached to an aromatic ring is 1. The lowest BCUT2D eigenvalue weighted by Crippen LogP contribution is -1.95. The van der Waals surface area contributed by atoms with Crippen molar-refractivity contribution >= 4 is 17.4 Å². The molecule has 0 aromatic carbocycles. The molecule has 0 unspecified atom stereocenters. The van der Waals surface area contributed by atoms with Crippen LogP contribution in [-0.4, -0.2) is 20.2 Å². The summed E-state index contributed by atoms with van der Waals surface area (Å²) in [6.45, 7) is 3.80. The van der Waals surface area contributed by atoms with Gasteiger partial charge in [-0.1, -0.05) is 0 Å². The van der Waals surface area contributed by atoms with Crippen LogP contribution in [-0.2, 0) is 0 Å². The summed E-state index contributed by atoms with van der Waals surface area (Å²) in [7, 11) is 0. The molecule has 0 amide bonds. The van der Waals surface area contributed by atoms with E-state index >= 15 is 0 Å². The average Bonchev–Trinajstić information content (AvgIpc) is 2.59. The van der Waals surface area contributed by atoms with Crippen molar-refractivity contribution in [3.63, 3.8) is 0 Å². The van der Waals surface area contributed by atoms with Gasteiger partial charge in [0.25, 0.3) is 0 Å². The Balaban J connectivity index is 2.28. The van der Waals surface area contributed by atoms with Crippen molar-refractivity contribution in [1.29, 1.82) is 0 Å². The van der Waals surface area contributed by atoms with Crippen LogP contribution >= 0.6 is 11.8 Å². The first-order chi connectivity index (χ1) is 7.16. The lowest BCUT2D eigenvalue weighted by Gasteiger charge is -2.03. The summed E-state index contributed by atoms with van der Waals surface area (Å²) in [5.41, 5.74) is 7.59. The third-order valence-electron chi connectivity index (χ3n) is 1.94. The van der Waals surface area contributed by atoms with E-state index in [1.807, 2.05) is 19.9 Å². The highest BCUT2D eigenvalue weighted by Crippen LogP contribution is 2.28. The van der Waals surface area contributed by atoms with Crippen molar-refractivity contribution < 1.29 is 0 Å². The van der Waals surface area contributed by atoms with Crippen LogP contribution in [0.15, 0.2) is 22.4 Å². The second-order valence-electron chi connectivity index (χ2n) is 3.15. The molecule has 78 valence electrons. The van der Waals surface area contributed by atoms with E-state index in [4.69, 9.17) is 5.73 Å². The molecule has 0 aliphatic rings. The Morgan fingerprint density at radius 3 is 2.87 bits per heavy atom. The second-order valence-corrected chi connectivity index (χ2v) is 4.11.